The molecule has 0 N–H and O–H groups in total. The Balaban J connectivity index is 1.52. The zero-order valence-electron chi connectivity index (χ0n) is 13.6. The first-order valence-electron chi connectivity index (χ1n) is 8.25. The highest BCUT2D eigenvalue weighted by atomic mass is 16.7. The molecule has 0 unspecified atom stereocenters. The lowest BCUT2D eigenvalue weighted by Gasteiger charge is -2.32. The van der Waals surface area contributed by atoms with Crippen molar-refractivity contribution in [3.63, 3.8) is 0 Å². The SMILES string of the molecule is CC1(C)OB([C@@H]2C[C@H]3C[C@@]3(c3ccccc3)C2)OC1(C)C. The highest BCUT2D eigenvalue weighted by Gasteiger charge is 2.65. The normalized spacial score (nSPS) is 39.3. The van der Waals surface area contributed by atoms with Gasteiger partial charge in [-0.1, -0.05) is 30.3 Å². The summed E-state index contributed by atoms with van der Waals surface area (Å²) in [5.74, 6) is 1.38. The minimum Gasteiger partial charge on any atom is -0.403 e. The first-order valence-corrected chi connectivity index (χ1v) is 8.25. The fraction of sp³-hybridized carbons (Fsp3) is 0.667. The molecule has 4 rings (SSSR count). The van der Waals surface area contributed by atoms with Crippen LogP contribution in [-0.4, -0.2) is 18.3 Å². The molecule has 1 saturated heterocycles. The molecule has 0 bridgehead atoms. The lowest BCUT2D eigenvalue weighted by molar-refractivity contribution is 0.00578. The Bertz CT molecular complexity index is 538. The van der Waals surface area contributed by atoms with Crippen LogP contribution >= 0.6 is 0 Å². The summed E-state index contributed by atoms with van der Waals surface area (Å²) < 4.78 is 12.6. The van der Waals surface area contributed by atoms with Gasteiger partial charge in [-0.2, -0.15) is 0 Å². The van der Waals surface area contributed by atoms with E-state index in [0.29, 0.717) is 11.2 Å². The Morgan fingerprint density at radius 2 is 1.57 bits per heavy atom. The molecule has 1 aromatic rings. The first-order chi connectivity index (χ1) is 9.84. The minimum atomic E-state index is -0.204. The molecule has 3 aliphatic rings. The van der Waals surface area contributed by atoms with Gasteiger partial charge in [-0.25, -0.2) is 0 Å². The lowest BCUT2D eigenvalue weighted by atomic mass is 9.68. The highest BCUT2D eigenvalue weighted by Crippen LogP contribution is 2.69. The van der Waals surface area contributed by atoms with Crippen molar-refractivity contribution in [2.24, 2.45) is 5.92 Å². The van der Waals surface area contributed by atoms with E-state index in [-0.39, 0.29) is 18.3 Å². The van der Waals surface area contributed by atoms with Crippen molar-refractivity contribution in [3.05, 3.63) is 35.9 Å². The molecule has 3 atom stereocenters. The van der Waals surface area contributed by atoms with Crippen LogP contribution in [0.15, 0.2) is 30.3 Å². The van der Waals surface area contributed by atoms with Crippen molar-refractivity contribution in [3.8, 4) is 0 Å². The number of fused-ring (bicyclic) bond motifs is 1. The molecule has 1 aromatic carbocycles. The molecule has 3 fully saturated rings. The Morgan fingerprint density at radius 3 is 2.19 bits per heavy atom. The number of benzene rings is 1. The summed E-state index contributed by atoms with van der Waals surface area (Å²) in [5, 5.41) is 0. The van der Waals surface area contributed by atoms with Gasteiger partial charge < -0.3 is 9.31 Å². The molecule has 2 saturated carbocycles. The summed E-state index contributed by atoms with van der Waals surface area (Å²) in [6.07, 6.45) is 3.83. The monoisotopic (exact) mass is 284 g/mol. The molecule has 1 heterocycles. The lowest BCUT2D eigenvalue weighted by Crippen LogP contribution is -2.41. The first kappa shape index (κ1) is 13.8. The quantitative estimate of drug-likeness (QED) is 0.758. The molecule has 2 aliphatic carbocycles. The summed E-state index contributed by atoms with van der Waals surface area (Å²) >= 11 is 0. The largest absolute Gasteiger partial charge is 0.461 e. The Morgan fingerprint density at radius 1 is 0.952 bits per heavy atom. The van der Waals surface area contributed by atoms with Gasteiger partial charge in [0.15, 0.2) is 0 Å². The molecular formula is C18H25BO2. The standard InChI is InChI=1S/C18H25BO2/c1-16(2)17(3,4)21-19(20-16)15-10-14-11-18(14,12-15)13-8-6-5-7-9-13/h5-9,14-15H,10-12H2,1-4H3/t14-,15+,18-/m0/s1. The smallest absolute Gasteiger partial charge is 0.403 e. The number of hydrogen-bond donors (Lipinski definition) is 0. The van der Waals surface area contributed by atoms with Crippen molar-refractivity contribution in [1.82, 2.24) is 0 Å². The van der Waals surface area contributed by atoms with Gasteiger partial charge in [-0.3, -0.25) is 0 Å². The molecule has 3 heteroatoms. The number of rotatable bonds is 2. The van der Waals surface area contributed by atoms with Crippen LogP contribution in [0.1, 0.15) is 52.5 Å². The zero-order chi connectivity index (χ0) is 14.9. The van der Waals surface area contributed by atoms with Crippen molar-refractivity contribution < 1.29 is 9.31 Å². The third-order valence-corrected chi connectivity index (χ3v) is 6.45. The molecule has 0 amide bonds. The topological polar surface area (TPSA) is 18.5 Å². The van der Waals surface area contributed by atoms with Gasteiger partial charge in [0.25, 0.3) is 0 Å². The van der Waals surface area contributed by atoms with Crippen LogP contribution in [0.4, 0.5) is 0 Å². The van der Waals surface area contributed by atoms with E-state index in [2.05, 4.69) is 58.0 Å². The molecule has 2 nitrogen and oxygen atoms in total. The van der Waals surface area contributed by atoms with E-state index in [1.807, 2.05) is 0 Å². The van der Waals surface area contributed by atoms with E-state index < -0.39 is 0 Å². The van der Waals surface area contributed by atoms with E-state index in [1.54, 1.807) is 0 Å². The summed E-state index contributed by atoms with van der Waals surface area (Å²) in [6.45, 7) is 8.59. The second-order valence-electron chi connectivity index (χ2n) is 8.25. The average Bonchev–Trinajstić information content (AvgIpc) is 2.91. The summed E-state index contributed by atoms with van der Waals surface area (Å²) in [5.41, 5.74) is 1.54. The predicted octanol–water partition coefficient (Wildman–Crippen LogP) is 4.20. The maximum atomic E-state index is 6.28. The molecule has 0 spiro atoms. The highest BCUT2D eigenvalue weighted by molar-refractivity contribution is 6.47. The van der Waals surface area contributed by atoms with Gasteiger partial charge in [0.1, 0.15) is 0 Å². The van der Waals surface area contributed by atoms with Gasteiger partial charge in [-0.05, 0) is 69.7 Å². The number of hydrogen-bond acceptors (Lipinski definition) is 2. The van der Waals surface area contributed by atoms with E-state index >= 15 is 0 Å². The van der Waals surface area contributed by atoms with Crippen LogP contribution in [0.25, 0.3) is 0 Å². The van der Waals surface area contributed by atoms with E-state index in [0.717, 1.165) is 5.92 Å². The van der Waals surface area contributed by atoms with Gasteiger partial charge in [0, 0.05) is 0 Å². The summed E-state index contributed by atoms with van der Waals surface area (Å²) in [7, 11) is -0.0246. The second-order valence-corrected chi connectivity index (χ2v) is 8.25. The maximum Gasteiger partial charge on any atom is 0.461 e. The van der Waals surface area contributed by atoms with Crippen LogP contribution in [-0.2, 0) is 14.7 Å². The molecule has 21 heavy (non-hydrogen) atoms. The van der Waals surface area contributed by atoms with E-state index in [1.165, 1.54) is 24.8 Å². The Hall–Kier alpha value is -0.795. The second kappa shape index (κ2) is 4.14. The van der Waals surface area contributed by atoms with Crippen LogP contribution in [0, 0.1) is 5.92 Å². The van der Waals surface area contributed by atoms with Gasteiger partial charge >= 0.3 is 7.12 Å². The Kier molecular flexibility index (Phi) is 2.73. The van der Waals surface area contributed by atoms with Crippen LogP contribution in [0.3, 0.4) is 0 Å². The van der Waals surface area contributed by atoms with Gasteiger partial charge in [0.2, 0.25) is 0 Å². The zero-order valence-corrected chi connectivity index (χ0v) is 13.6. The fourth-order valence-corrected chi connectivity index (χ4v) is 4.39. The van der Waals surface area contributed by atoms with Crippen LogP contribution < -0.4 is 0 Å². The van der Waals surface area contributed by atoms with E-state index in [9.17, 15) is 0 Å². The molecular weight excluding hydrogens is 259 g/mol. The molecule has 112 valence electrons. The van der Waals surface area contributed by atoms with Crippen LogP contribution in [0.5, 0.6) is 0 Å². The van der Waals surface area contributed by atoms with Gasteiger partial charge in [-0.15, -0.1) is 0 Å². The van der Waals surface area contributed by atoms with Crippen molar-refractivity contribution in [2.75, 3.05) is 0 Å². The Labute approximate surface area is 128 Å². The van der Waals surface area contributed by atoms with Gasteiger partial charge in [0.05, 0.1) is 11.2 Å². The van der Waals surface area contributed by atoms with Crippen molar-refractivity contribution in [2.45, 2.75) is 69.4 Å². The van der Waals surface area contributed by atoms with Crippen molar-refractivity contribution in [1.29, 1.82) is 0 Å². The third-order valence-electron chi connectivity index (χ3n) is 6.45. The third kappa shape index (κ3) is 1.93. The average molecular weight is 284 g/mol. The molecule has 1 aliphatic heterocycles. The molecule has 0 radical (unpaired) electrons. The maximum absolute atomic E-state index is 6.28. The van der Waals surface area contributed by atoms with Crippen molar-refractivity contribution >= 4 is 7.12 Å². The summed E-state index contributed by atoms with van der Waals surface area (Å²) in [4.78, 5) is 0. The van der Waals surface area contributed by atoms with E-state index in [4.69, 9.17) is 9.31 Å². The minimum absolute atomic E-state index is 0.0246. The summed E-state index contributed by atoms with van der Waals surface area (Å²) in [6, 6.07) is 11.0. The van der Waals surface area contributed by atoms with Crippen LogP contribution in [0.2, 0.25) is 5.82 Å². The fourth-order valence-electron chi connectivity index (χ4n) is 4.39. The molecule has 0 aromatic heterocycles. The predicted molar refractivity (Wildman–Crippen MR) is 85.3 cm³/mol.